The van der Waals surface area contributed by atoms with Gasteiger partial charge in [-0.25, -0.2) is 0 Å². The number of carbonyl (C=O) groups is 1. The van der Waals surface area contributed by atoms with Gasteiger partial charge in [-0.2, -0.15) is 0 Å². The summed E-state index contributed by atoms with van der Waals surface area (Å²) in [5.74, 6) is 1.35. The molecule has 0 aromatic heterocycles. The molecule has 0 fully saturated rings. The van der Waals surface area contributed by atoms with Gasteiger partial charge in [-0.1, -0.05) is 13.8 Å². The first-order valence-corrected chi connectivity index (χ1v) is 7.18. The van der Waals surface area contributed by atoms with E-state index < -0.39 is 0 Å². The van der Waals surface area contributed by atoms with Crippen molar-refractivity contribution < 1.29 is 19.0 Å². The Morgan fingerprint density at radius 1 is 1.33 bits per heavy atom. The summed E-state index contributed by atoms with van der Waals surface area (Å²) >= 11 is 0. The van der Waals surface area contributed by atoms with Gasteiger partial charge in [0.05, 0.1) is 12.7 Å². The van der Waals surface area contributed by atoms with Crippen LogP contribution in [0.15, 0.2) is 12.1 Å². The molecule has 0 aliphatic carbocycles. The standard InChI is InChI=1S/C15H22N2O4/c1-4-17(5-2)9-8-16-15(18)11-6-7-12-14(13(11)19-3)21-10-20-12/h6-7H,4-5,8-10H2,1-3H3,(H,16,18). The van der Waals surface area contributed by atoms with Crippen molar-refractivity contribution in [3.05, 3.63) is 17.7 Å². The Bertz CT molecular complexity index is 501. The second kappa shape index (κ2) is 7.17. The third-order valence-corrected chi connectivity index (χ3v) is 3.55. The lowest BCUT2D eigenvalue weighted by Gasteiger charge is -2.18. The third kappa shape index (κ3) is 3.39. The maximum atomic E-state index is 12.3. The van der Waals surface area contributed by atoms with E-state index in [0.717, 1.165) is 19.6 Å². The van der Waals surface area contributed by atoms with Crippen molar-refractivity contribution in [1.29, 1.82) is 0 Å². The van der Waals surface area contributed by atoms with Gasteiger partial charge >= 0.3 is 0 Å². The molecule has 0 unspecified atom stereocenters. The Labute approximate surface area is 125 Å². The molecule has 21 heavy (non-hydrogen) atoms. The van der Waals surface area contributed by atoms with E-state index >= 15 is 0 Å². The minimum Gasteiger partial charge on any atom is -0.492 e. The Kier molecular flexibility index (Phi) is 5.27. The van der Waals surface area contributed by atoms with Crippen LogP contribution in [0, 0.1) is 0 Å². The third-order valence-electron chi connectivity index (χ3n) is 3.55. The van der Waals surface area contributed by atoms with Gasteiger partial charge < -0.3 is 24.4 Å². The van der Waals surface area contributed by atoms with E-state index in [4.69, 9.17) is 14.2 Å². The zero-order valence-electron chi connectivity index (χ0n) is 12.8. The van der Waals surface area contributed by atoms with E-state index in [2.05, 4.69) is 24.1 Å². The molecule has 1 aromatic carbocycles. The molecule has 0 spiro atoms. The SMILES string of the molecule is CCN(CC)CCNC(=O)c1ccc2c(c1OC)OCO2. The highest BCUT2D eigenvalue weighted by Gasteiger charge is 2.24. The number of nitrogens with one attached hydrogen (secondary N) is 1. The fourth-order valence-electron chi connectivity index (χ4n) is 2.29. The van der Waals surface area contributed by atoms with Crippen LogP contribution in [0.4, 0.5) is 0 Å². The molecule has 0 radical (unpaired) electrons. The van der Waals surface area contributed by atoms with Gasteiger partial charge in [0.2, 0.25) is 12.5 Å². The summed E-state index contributed by atoms with van der Waals surface area (Å²) in [6, 6.07) is 3.42. The molecule has 1 aromatic rings. The van der Waals surface area contributed by atoms with Gasteiger partial charge in [0.25, 0.3) is 5.91 Å². The lowest BCUT2D eigenvalue weighted by molar-refractivity contribution is 0.0945. The Morgan fingerprint density at radius 3 is 2.76 bits per heavy atom. The molecule has 1 aliphatic rings. The number of carbonyl (C=O) groups excluding carboxylic acids is 1. The van der Waals surface area contributed by atoms with E-state index in [1.54, 1.807) is 12.1 Å². The molecule has 0 bridgehead atoms. The summed E-state index contributed by atoms with van der Waals surface area (Å²) in [6.45, 7) is 7.72. The number of nitrogens with zero attached hydrogens (tertiary/aromatic N) is 1. The summed E-state index contributed by atoms with van der Waals surface area (Å²) in [5, 5.41) is 2.91. The van der Waals surface area contributed by atoms with Crippen LogP contribution in [0.1, 0.15) is 24.2 Å². The van der Waals surface area contributed by atoms with Crippen LogP contribution in [0.25, 0.3) is 0 Å². The molecule has 1 heterocycles. The minimum atomic E-state index is -0.169. The molecule has 1 N–H and O–H groups in total. The van der Waals surface area contributed by atoms with E-state index in [1.165, 1.54) is 7.11 Å². The summed E-state index contributed by atoms with van der Waals surface area (Å²) in [5.41, 5.74) is 0.460. The number of fused-ring (bicyclic) bond motifs is 1. The van der Waals surface area contributed by atoms with Gasteiger partial charge in [-0.15, -0.1) is 0 Å². The largest absolute Gasteiger partial charge is 0.492 e. The average Bonchev–Trinajstić information content (AvgIpc) is 2.98. The van der Waals surface area contributed by atoms with E-state index in [9.17, 15) is 4.79 Å². The normalized spacial score (nSPS) is 12.6. The van der Waals surface area contributed by atoms with Crippen LogP contribution in [0.2, 0.25) is 0 Å². The number of hydrogen-bond acceptors (Lipinski definition) is 5. The monoisotopic (exact) mass is 294 g/mol. The number of rotatable bonds is 7. The molecule has 0 saturated heterocycles. The van der Waals surface area contributed by atoms with E-state index in [0.29, 0.717) is 29.4 Å². The first-order valence-electron chi connectivity index (χ1n) is 7.18. The number of hydrogen-bond donors (Lipinski definition) is 1. The molecular formula is C15H22N2O4. The molecule has 0 atom stereocenters. The van der Waals surface area contributed by atoms with Crippen molar-refractivity contribution in [1.82, 2.24) is 10.2 Å². The lowest BCUT2D eigenvalue weighted by atomic mass is 10.1. The predicted octanol–water partition coefficient (Wildman–Crippen LogP) is 1.50. The summed E-state index contributed by atoms with van der Waals surface area (Å²) < 4.78 is 15.9. The van der Waals surface area contributed by atoms with Crippen LogP contribution < -0.4 is 19.5 Å². The van der Waals surface area contributed by atoms with Gasteiger partial charge in [0.1, 0.15) is 0 Å². The second-order valence-electron chi connectivity index (χ2n) is 4.66. The highest BCUT2D eigenvalue weighted by molar-refractivity contribution is 5.98. The van der Waals surface area contributed by atoms with Gasteiger partial charge in [0.15, 0.2) is 11.5 Å². The van der Waals surface area contributed by atoms with Crippen molar-refractivity contribution in [2.24, 2.45) is 0 Å². The molecule has 0 saturated carbocycles. The maximum Gasteiger partial charge on any atom is 0.255 e. The number of amides is 1. The van der Waals surface area contributed by atoms with Crippen LogP contribution in [0.3, 0.4) is 0 Å². The van der Waals surface area contributed by atoms with Crippen molar-refractivity contribution in [3.8, 4) is 17.2 Å². The highest BCUT2D eigenvalue weighted by Crippen LogP contribution is 2.42. The summed E-state index contributed by atoms with van der Waals surface area (Å²) in [4.78, 5) is 14.5. The van der Waals surface area contributed by atoms with Crippen molar-refractivity contribution in [3.63, 3.8) is 0 Å². The van der Waals surface area contributed by atoms with Crippen LogP contribution in [-0.4, -0.2) is 50.9 Å². The molecule has 2 rings (SSSR count). The number of methoxy groups -OCH3 is 1. The smallest absolute Gasteiger partial charge is 0.255 e. The lowest BCUT2D eigenvalue weighted by Crippen LogP contribution is -2.34. The van der Waals surface area contributed by atoms with Gasteiger partial charge in [-0.3, -0.25) is 4.79 Å². The topological polar surface area (TPSA) is 60.0 Å². The number of ether oxygens (including phenoxy) is 3. The van der Waals surface area contributed by atoms with E-state index in [-0.39, 0.29) is 12.7 Å². The first kappa shape index (κ1) is 15.4. The van der Waals surface area contributed by atoms with Gasteiger partial charge in [0, 0.05) is 13.1 Å². The Hall–Kier alpha value is -1.95. The molecule has 6 nitrogen and oxygen atoms in total. The van der Waals surface area contributed by atoms with E-state index in [1.807, 2.05) is 0 Å². The average molecular weight is 294 g/mol. The zero-order chi connectivity index (χ0) is 15.2. The predicted molar refractivity (Wildman–Crippen MR) is 79.2 cm³/mol. The molecule has 6 heteroatoms. The van der Waals surface area contributed by atoms with Crippen LogP contribution in [-0.2, 0) is 0 Å². The van der Waals surface area contributed by atoms with Crippen molar-refractivity contribution in [2.75, 3.05) is 40.1 Å². The molecule has 1 aliphatic heterocycles. The Balaban J connectivity index is 2.03. The summed E-state index contributed by atoms with van der Waals surface area (Å²) in [7, 11) is 1.52. The van der Waals surface area contributed by atoms with Crippen LogP contribution >= 0.6 is 0 Å². The minimum absolute atomic E-state index is 0.152. The zero-order valence-corrected chi connectivity index (χ0v) is 12.8. The summed E-state index contributed by atoms with van der Waals surface area (Å²) in [6.07, 6.45) is 0. The number of likely N-dealkylation sites (N-methyl/N-ethyl adjacent to an activating group) is 1. The van der Waals surface area contributed by atoms with Crippen molar-refractivity contribution in [2.45, 2.75) is 13.8 Å². The quantitative estimate of drug-likeness (QED) is 0.825. The maximum absolute atomic E-state index is 12.3. The second-order valence-corrected chi connectivity index (χ2v) is 4.66. The van der Waals surface area contributed by atoms with Crippen molar-refractivity contribution >= 4 is 5.91 Å². The Morgan fingerprint density at radius 2 is 2.10 bits per heavy atom. The fraction of sp³-hybridized carbons (Fsp3) is 0.533. The molecular weight excluding hydrogens is 272 g/mol. The fourth-order valence-corrected chi connectivity index (χ4v) is 2.29. The number of benzene rings is 1. The molecule has 1 amide bonds. The first-order chi connectivity index (χ1) is 10.2. The van der Waals surface area contributed by atoms with Gasteiger partial charge in [-0.05, 0) is 25.2 Å². The van der Waals surface area contributed by atoms with Crippen LogP contribution in [0.5, 0.6) is 17.2 Å². The molecule has 116 valence electrons. The highest BCUT2D eigenvalue weighted by atomic mass is 16.7.